The average Bonchev–Trinajstić information content (AvgIpc) is 2.30. The molecule has 0 saturated heterocycles. The van der Waals surface area contributed by atoms with Crippen LogP contribution in [0.15, 0.2) is 6.20 Å². The number of pyridine rings is 1. The van der Waals surface area contributed by atoms with Crippen LogP contribution in [0.3, 0.4) is 0 Å². The van der Waals surface area contributed by atoms with Crippen molar-refractivity contribution in [3.05, 3.63) is 26.6 Å². The van der Waals surface area contributed by atoms with Gasteiger partial charge in [0, 0.05) is 11.5 Å². The van der Waals surface area contributed by atoms with Crippen molar-refractivity contribution in [1.82, 2.24) is 4.98 Å². The summed E-state index contributed by atoms with van der Waals surface area (Å²) in [4.78, 5) is 15.3. The van der Waals surface area contributed by atoms with E-state index in [0.29, 0.717) is 11.1 Å². The van der Waals surface area contributed by atoms with Gasteiger partial charge in [-0.15, -0.1) is 0 Å². The topological polar surface area (TPSA) is 39.2 Å². The molecule has 1 heterocycles. The van der Waals surface area contributed by atoms with E-state index in [1.54, 1.807) is 29.5 Å². The molecule has 1 aromatic heterocycles. The van der Waals surface area contributed by atoms with E-state index < -0.39 is 12.4 Å². The van der Waals surface area contributed by atoms with E-state index in [0.717, 1.165) is 0 Å². The molecule has 0 unspecified atom stereocenters. The number of carbonyl (C=O) groups excluding carboxylic acids is 1. The maximum absolute atomic E-state index is 13.0. The van der Waals surface area contributed by atoms with Crippen LogP contribution in [0.1, 0.15) is 30.0 Å². The second-order valence-electron chi connectivity index (χ2n) is 3.38. The van der Waals surface area contributed by atoms with Gasteiger partial charge in [0.1, 0.15) is 3.70 Å². The van der Waals surface area contributed by atoms with Crippen LogP contribution in [-0.2, 0) is 21.3 Å². The van der Waals surface area contributed by atoms with Crippen LogP contribution in [0.25, 0.3) is 0 Å². The van der Waals surface area contributed by atoms with Gasteiger partial charge in [-0.2, -0.15) is 0 Å². The molecule has 0 aliphatic carbocycles. The van der Waals surface area contributed by atoms with E-state index in [1.807, 2.05) is 0 Å². The van der Waals surface area contributed by atoms with Crippen molar-refractivity contribution < 1.29 is 18.3 Å². The summed E-state index contributed by atoms with van der Waals surface area (Å²) >= 11 is 4.94. The van der Waals surface area contributed by atoms with Crippen LogP contribution in [0.2, 0.25) is 0 Å². The number of hydrogen-bond donors (Lipinski definition) is 0. The van der Waals surface area contributed by atoms with Gasteiger partial charge in [0.25, 0.3) is 6.43 Å². The molecule has 0 fully saturated rings. The summed E-state index contributed by atoms with van der Waals surface area (Å²) < 4.78 is 31.0. The van der Waals surface area contributed by atoms with Crippen molar-refractivity contribution in [2.75, 3.05) is 6.61 Å². The third-order valence-electron chi connectivity index (χ3n) is 2.26. The molecular weight excluding hydrogens is 423 g/mol. The molecule has 0 N–H and O–H groups in total. The highest BCUT2D eigenvalue weighted by molar-refractivity contribution is 14.1. The molecule has 0 amide bonds. The fourth-order valence-corrected chi connectivity index (χ4v) is 2.84. The van der Waals surface area contributed by atoms with Gasteiger partial charge >= 0.3 is 5.97 Å². The van der Waals surface area contributed by atoms with E-state index in [1.165, 1.54) is 6.20 Å². The summed E-state index contributed by atoms with van der Waals surface area (Å²) in [6, 6.07) is 0. The second-order valence-corrected chi connectivity index (χ2v) is 4.97. The zero-order valence-corrected chi connectivity index (χ0v) is 13.3. The summed E-state index contributed by atoms with van der Waals surface area (Å²) in [5.74, 6) is -0.442. The highest BCUT2D eigenvalue weighted by Crippen LogP contribution is 2.30. The Kier molecular flexibility index (Phi) is 6.40. The zero-order chi connectivity index (χ0) is 13.7. The fraction of sp³-hybridized carbons (Fsp3) is 0.455. The van der Waals surface area contributed by atoms with Crippen LogP contribution >= 0.6 is 38.5 Å². The molecule has 0 aliphatic heterocycles. The highest BCUT2D eigenvalue weighted by atomic mass is 127. The molecular formula is C11H11BrF2INO2. The predicted octanol–water partition coefficient (Wildman–Crippen LogP) is 3.62. The Balaban J connectivity index is 3.13. The van der Waals surface area contributed by atoms with Crippen molar-refractivity contribution >= 4 is 44.5 Å². The third-order valence-corrected chi connectivity index (χ3v) is 3.68. The maximum atomic E-state index is 13.0. The van der Waals surface area contributed by atoms with Crippen LogP contribution in [0.5, 0.6) is 0 Å². The lowest BCUT2D eigenvalue weighted by Gasteiger charge is -2.13. The van der Waals surface area contributed by atoms with Crippen molar-refractivity contribution in [2.24, 2.45) is 0 Å². The van der Waals surface area contributed by atoms with Gasteiger partial charge in [-0.3, -0.25) is 4.79 Å². The number of esters is 1. The van der Waals surface area contributed by atoms with Crippen LogP contribution in [0, 0.1) is 3.70 Å². The molecule has 0 radical (unpaired) electrons. The minimum absolute atomic E-state index is 0.0432. The summed E-state index contributed by atoms with van der Waals surface area (Å²) in [6.07, 6.45) is -1.21. The zero-order valence-electron chi connectivity index (χ0n) is 9.55. The van der Waals surface area contributed by atoms with Gasteiger partial charge in [-0.1, -0.05) is 15.9 Å². The van der Waals surface area contributed by atoms with E-state index in [2.05, 4.69) is 20.9 Å². The summed E-state index contributed by atoms with van der Waals surface area (Å²) in [7, 11) is 0. The Morgan fingerprint density at radius 3 is 2.78 bits per heavy atom. The smallest absolute Gasteiger partial charge is 0.310 e. The van der Waals surface area contributed by atoms with E-state index in [4.69, 9.17) is 4.74 Å². The summed E-state index contributed by atoms with van der Waals surface area (Å²) in [6.45, 7) is 1.96. The first-order valence-electron chi connectivity index (χ1n) is 5.17. The Hall–Kier alpha value is -0.310. The van der Waals surface area contributed by atoms with E-state index >= 15 is 0 Å². The first-order chi connectivity index (χ1) is 8.51. The lowest BCUT2D eigenvalue weighted by Crippen LogP contribution is -2.12. The minimum Gasteiger partial charge on any atom is -0.466 e. The molecule has 0 atom stereocenters. The molecule has 1 rings (SSSR count). The van der Waals surface area contributed by atoms with Gasteiger partial charge in [0.15, 0.2) is 0 Å². The van der Waals surface area contributed by atoms with Gasteiger partial charge in [-0.05, 0) is 40.6 Å². The number of aromatic nitrogens is 1. The molecule has 1 aromatic rings. The molecule has 0 aliphatic rings. The number of carbonyl (C=O) groups is 1. The number of halogens is 4. The second kappa shape index (κ2) is 7.32. The van der Waals surface area contributed by atoms with E-state index in [9.17, 15) is 13.6 Å². The lowest BCUT2D eigenvalue weighted by atomic mass is 10.0. The molecule has 100 valence electrons. The third kappa shape index (κ3) is 3.84. The Bertz CT molecular complexity index is 443. The van der Waals surface area contributed by atoms with Crippen molar-refractivity contribution in [3.63, 3.8) is 0 Å². The largest absolute Gasteiger partial charge is 0.466 e. The average molecular weight is 434 g/mol. The number of rotatable bonds is 5. The first-order valence-corrected chi connectivity index (χ1v) is 7.37. The highest BCUT2D eigenvalue weighted by Gasteiger charge is 2.21. The van der Waals surface area contributed by atoms with Crippen LogP contribution in [-0.4, -0.2) is 17.6 Å². The summed E-state index contributed by atoms with van der Waals surface area (Å²) in [5.41, 5.74) is 0.771. The standard InChI is InChI=1S/C11H11BrF2INO2/c1-2-18-8(17)3-6-5-16-11(15)9(10(13)14)7(6)4-12/h5,10H,2-4H2,1H3. The molecule has 0 aromatic carbocycles. The molecule has 0 spiro atoms. The molecule has 7 heteroatoms. The molecule has 3 nitrogen and oxygen atoms in total. The van der Waals surface area contributed by atoms with Gasteiger partial charge < -0.3 is 4.74 Å². The van der Waals surface area contributed by atoms with Crippen molar-refractivity contribution in [2.45, 2.75) is 25.1 Å². The summed E-state index contributed by atoms with van der Waals surface area (Å²) in [5, 5.41) is 0.250. The van der Waals surface area contributed by atoms with Gasteiger partial charge in [0.2, 0.25) is 0 Å². The molecule has 0 saturated carbocycles. The Labute approximate surface area is 126 Å². The van der Waals surface area contributed by atoms with Crippen molar-refractivity contribution in [3.8, 4) is 0 Å². The minimum atomic E-state index is -2.61. The van der Waals surface area contributed by atoms with E-state index in [-0.39, 0.29) is 27.6 Å². The SMILES string of the molecule is CCOC(=O)Cc1cnc(I)c(C(F)F)c1CBr. The number of hydrogen-bond acceptors (Lipinski definition) is 3. The van der Waals surface area contributed by atoms with Crippen molar-refractivity contribution in [1.29, 1.82) is 0 Å². The number of ether oxygens (including phenoxy) is 1. The molecule has 18 heavy (non-hydrogen) atoms. The lowest BCUT2D eigenvalue weighted by molar-refractivity contribution is -0.142. The Morgan fingerprint density at radius 1 is 1.61 bits per heavy atom. The van der Waals surface area contributed by atoms with Gasteiger partial charge in [0.05, 0.1) is 18.6 Å². The normalized spacial score (nSPS) is 10.8. The van der Waals surface area contributed by atoms with Crippen LogP contribution in [0.4, 0.5) is 8.78 Å². The number of alkyl halides is 3. The quantitative estimate of drug-likeness (QED) is 0.308. The van der Waals surface area contributed by atoms with Gasteiger partial charge in [-0.25, -0.2) is 13.8 Å². The fourth-order valence-electron chi connectivity index (χ4n) is 1.48. The van der Waals surface area contributed by atoms with Crippen LogP contribution < -0.4 is 0 Å². The molecule has 0 bridgehead atoms. The first kappa shape index (κ1) is 15.7. The maximum Gasteiger partial charge on any atom is 0.310 e. The number of nitrogens with zero attached hydrogens (tertiary/aromatic N) is 1. The Morgan fingerprint density at radius 2 is 2.28 bits per heavy atom. The monoisotopic (exact) mass is 433 g/mol. The predicted molar refractivity (Wildman–Crippen MR) is 74.9 cm³/mol.